The molecule has 0 radical (unpaired) electrons. The summed E-state index contributed by atoms with van der Waals surface area (Å²) in [5, 5.41) is 10.7. The van der Waals surface area contributed by atoms with Gasteiger partial charge in [-0.25, -0.2) is 0 Å². The first-order chi connectivity index (χ1) is 13.4. The molecule has 2 aromatic rings. The first-order valence-corrected chi connectivity index (χ1v) is 10.1. The Morgan fingerprint density at radius 1 is 1.21 bits per heavy atom. The Kier molecular flexibility index (Phi) is 6.95. The zero-order chi connectivity index (χ0) is 20.0. The van der Waals surface area contributed by atoms with Crippen LogP contribution in [-0.4, -0.2) is 41.5 Å². The van der Waals surface area contributed by atoms with Crippen molar-refractivity contribution >= 4 is 17.7 Å². The molecule has 10 heteroatoms. The Balaban J connectivity index is 1.45. The van der Waals surface area contributed by atoms with Crippen LogP contribution in [0.15, 0.2) is 33.9 Å². The molecular formula is C18H22F3N4O2S+. The second-order valence-corrected chi connectivity index (χ2v) is 7.68. The Morgan fingerprint density at radius 2 is 2.00 bits per heavy atom. The van der Waals surface area contributed by atoms with Gasteiger partial charge < -0.3 is 14.6 Å². The molecule has 152 valence electrons. The van der Waals surface area contributed by atoms with E-state index in [1.54, 1.807) is 4.90 Å². The topological polar surface area (TPSA) is 72.5 Å². The Hall–Kier alpha value is -2.07. The van der Waals surface area contributed by atoms with Crippen LogP contribution in [0, 0.1) is 0 Å². The number of benzene rings is 1. The van der Waals surface area contributed by atoms with Crippen LogP contribution in [0.5, 0.6) is 0 Å². The molecule has 1 amide bonds. The first kappa shape index (κ1) is 20.7. The van der Waals surface area contributed by atoms with Crippen LogP contribution in [0.3, 0.4) is 0 Å². The number of hydrogen-bond acceptors (Lipinski definition) is 5. The molecule has 1 aliphatic rings. The second-order valence-electron chi connectivity index (χ2n) is 6.63. The number of aromatic nitrogens is 2. The molecule has 0 aliphatic carbocycles. The van der Waals surface area contributed by atoms with E-state index in [2.05, 4.69) is 15.5 Å². The quantitative estimate of drug-likeness (QED) is 0.679. The Morgan fingerprint density at radius 3 is 2.75 bits per heavy atom. The minimum atomic E-state index is -4.50. The number of alkyl halides is 3. The number of nitrogens with one attached hydrogen (secondary N) is 2. The molecule has 3 rings (SSSR count). The van der Waals surface area contributed by atoms with Crippen molar-refractivity contribution < 1.29 is 27.3 Å². The molecule has 1 aromatic heterocycles. The van der Waals surface area contributed by atoms with Crippen molar-refractivity contribution in [2.45, 2.75) is 37.2 Å². The summed E-state index contributed by atoms with van der Waals surface area (Å²) in [7, 11) is 0. The van der Waals surface area contributed by atoms with Crippen molar-refractivity contribution in [3.8, 4) is 0 Å². The third-order valence-corrected chi connectivity index (χ3v) is 5.36. The number of hydrogen-bond donors (Lipinski definition) is 2. The molecule has 6 nitrogen and oxygen atoms in total. The van der Waals surface area contributed by atoms with E-state index in [0.717, 1.165) is 24.4 Å². The van der Waals surface area contributed by atoms with Gasteiger partial charge in [-0.1, -0.05) is 17.8 Å². The van der Waals surface area contributed by atoms with Crippen molar-refractivity contribution in [1.82, 2.24) is 15.5 Å². The largest absolute Gasteiger partial charge is 0.416 e. The van der Waals surface area contributed by atoms with Crippen molar-refractivity contribution in [3.63, 3.8) is 0 Å². The highest BCUT2D eigenvalue weighted by atomic mass is 32.2. The minimum Gasteiger partial charge on any atom is -0.414 e. The number of amides is 1. The number of nitrogens with zero attached hydrogens (tertiary/aromatic N) is 2. The van der Waals surface area contributed by atoms with Crippen LogP contribution in [0.4, 0.5) is 13.2 Å². The van der Waals surface area contributed by atoms with E-state index in [1.165, 1.54) is 56.2 Å². The number of carbonyl (C=O) groups is 1. The minimum absolute atomic E-state index is 0.0417. The van der Waals surface area contributed by atoms with Gasteiger partial charge in [0.2, 0.25) is 5.89 Å². The van der Waals surface area contributed by atoms with Crippen LogP contribution in [-0.2, 0) is 12.7 Å². The summed E-state index contributed by atoms with van der Waals surface area (Å²) in [5.74, 6) is 0.452. The van der Waals surface area contributed by atoms with Gasteiger partial charge in [0, 0.05) is 5.56 Å². The number of thioether (sulfide) groups is 1. The lowest BCUT2D eigenvalue weighted by molar-refractivity contribution is -0.902. The molecular weight excluding hydrogens is 393 g/mol. The third kappa shape index (κ3) is 5.96. The van der Waals surface area contributed by atoms with Gasteiger partial charge >= 0.3 is 6.18 Å². The summed E-state index contributed by atoms with van der Waals surface area (Å²) in [6.07, 6.45) is -0.632. The van der Waals surface area contributed by atoms with Crippen LogP contribution >= 0.6 is 11.8 Å². The molecule has 0 spiro atoms. The number of halogens is 3. The molecule has 0 saturated carbocycles. The maximum absolute atomic E-state index is 12.7. The fraction of sp³-hybridized carbons (Fsp3) is 0.500. The Labute approximate surface area is 164 Å². The fourth-order valence-corrected chi connectivity index (χ4v) is 3.87. The molecule has 1 fully saturated rings. The summed E-state index contributed by atoms with van der Waals surface area (Å²) in [4.78, 5) is 13.7. The fourth-order valence-electron chi connectivity index (χ4n) is 3.05. The van der Waals surface area contributed by atoms with E-state index >= 15 is 0 Å². The van der Waals surface area contributed by atoms with Gasteiger partial charge in [-0.05, 0) is 37.5 Å². The van der Waals surface area contributed by atoms with E-state index < -0.39 is 17.6 Å². The van der Waals surface area contributed by atoms with Gasteiger partial charge in [-0.15, -0.1) is 10.2 Å². The van der Waals surface area contributed by atoms with Gasteiger partial charge in [-0.2, -0.15) is 13.2 Å². The van der Waals surface area contributed by atoms with Crippen molar-refractivity contribution in [2.75, 3.05) is 25.4 Å². The maximum Gasteiger partial charge on any atom is 0.416 e. The summed E-state index contributed by atoms with van der Waals surface area (Å²) in [5.41, 5.74) is -0.944. The highest BCUT2D eigenvalue weighted by Gasteiger charge is 2.30. The molecule has 2 heterocycles. The van der Waals surface area contributed by atoms with Gasteiger partial charge in [0.05, 0.1) is 37.5 Å². The lowest BCUT2D eigenvalue weighted by Crippen LogP contribution is -3.13. The van der Waals surface area contributed by atoms with E-state index in [0.29, 0.717) is 5.22 Å². The smallest absolute Gasteiger partial charge is 0.414 e. The second kappa shape index (κ2) is 9.42. The van der Waals surface area contributed by atoms with Crippen LogP contribution in [0.1, 0.15) is 41.1 Å². The van der Waals surface area contributed by atoms with Gasteiger partial charge in [0.15, 0.2) is 0 Å². The SMILES string of the molecule is O=C(NCc1nnc(SCC[NH+]2CCCCC2)o1)c1cccc(C(F)(F)F)c1. The third-order valence-electron chi connectivity index (χ3n) is 4.54. The molecule has 0 atom stereocenters. The monoisotopic (exact) mass is 415 g/mol. The van der Waals surface area contributed by atoms with E-state index in [1.807, 2.05) is 0 Å². The van der Waals surface area contributed by atoms with Gasteiger partial charge in [0.1, 0.15) is 0 Å². The number of quaternary nitrogens is 1. The zero-order valence-electron chi connectivity index (χ0n) is 15.2. The predicted molar refractivity (Wildman–Crippen MR) is 97.1 cm³/mol. The number of carbonyl (C=O) groups excluding carboxylic acids is 1. The molecule has 0 bridgehead atoms. The van der Waals surface area contributed by atoms with Crippen molar-refractivity contribution in [1.29, 1.82) is 0 Å². The van der Waals surface area contributed by atoms with Crippen molar-refractivity contribution in [2.24, 2.45) is 0 Å². The van der Waals surface area contributed by atoms with Gasteiger partial charge in [-0.3, -0.25) is 4.79 Å². The Bertz CT molecular complexity index is 791. The molecule has 0 unspecified atom stereocenters. The summed E-state index contributed by atoms with van der Waals surface area (Å²) in [6.45, 7) is 3.41. The average Bonchev–Trinajstić information content (AvgIpc) is 3.14. The van der Waals surface area contributed by atoms with E-state index in [-0.39, 0.29) is 18.0 Å². The maximum atomic E-state index is 12.7. The molecule has 1 aliphatic heterocycles. The normalized spacial score (nSPS) is 15.5. The van der Waals surface area contributed by atoms with E-state index in [4.69, 9.17) is 4.42 Å². The lowest BCUT2D eigenvalue weighted by atomic mass is 10.1. The number of likely N-dealkylation sites (tertiary alicyclic amines) is 1. The predicted octanol–water partition coefficient (Wildman–Crippen LogP) is 2.18. The number of piperidine rings is 1. The molecule has 28 heavy (non-hydrogen) atoms. The van der Waals surface area contributed by atoms with Crippen molar-refractivity contribution in [3.05, 3.63) is 41.3 Å². The van der Waals surface area contributed by atoms with Crippen LogP contribution < -0.4 is 10.2 Å². The van der Waals surface area contributed by atoms with Crippen LogP contribution in [0.25, 0.3) is 0 Å². The average molecular weight is 415 g/mol. The molecule has 2 N–H and O–H groups in total. The standard InChI is InChI=1S/C18H21F3N4O2S/c19-18(20,21)14-6-4-5-13(11-14)16(26)22-12-15-23-24-17(27-15)28-10-9-25-7-2-1-3-8-25/h4-6,11H,1-3,7-10,12H2,(H,22,26)/p+1. The lowest BCUT2D eigenvalue weighted by Gasteiger charge is -2.22. The van der Waals surface area contributed by atoms with E-state index in [9.17, 15) is 18.0 Å². The molecule has 1 saturated heterocycles. The van der Waals surface area contributed by atoms with Crippen LogP contribution in [0.2, 0.25) is 0 Å². The summed E-state index contributed by atoms with van der Waals surface area (Å²) in [6, 6.07) is 4.25. The number of rotatable bonds is 7. The first-order valence-electron chi connectivity index (χ1n) is 9.16. The summed E-state index contributed by atoms with van der Waals surface area (Å²) >= 11 is 1.47. The van der Waals surface area contributed by atoms with Gasteiger partial charge in [0.25, 0.3) is 11.1 Å². The highest BCUT2D eigenvalue weighted by Crippen LogP contribution is 2.29. The zero-order valence-corrected chi connectivity index (χ0v) is 16.0. The highest BCUT2D eigenvalue weighted by molar-refractivity contribution is 7.99. The summed E-state index contributed by atoms with van der Waals surface area (Å²) < 4.78 is 43.7. The molecule has 1 aromatic carbocycles.